The second-order valence-corrected chi connectivity index (χ2v) is 11.0. The molecule has 1 fully saturated rings. The molecular formula is C31H33F2LiN2O3S. The predicted molar refractivity (Wildman–Crippen MR) is 149 cm³/mol. The van der Waals surface area contributed by atoms with Crippen molar-refractivity contribution in [1.29, 1.82) is 0 Å². The number of rotatable bonds is 13. The first-order valence-corrected chi connectivity index (χ1v) is 14.5. The monoisotopic (exact) mass is 558 g/mol. The molecule has 0 radical (unpaired) electrons. The van der Waals surface area contributed by atoms with E-state index >= 15 is 0 Å². The van der Waals surface area contributed by atoms with E-state index in [4.69, 9.17) is 0 Å². The first-order chi connectivity index (χ1) is 18.7. The molecule has 40 heavy (non-hydrogen) atoms. The van der Waals surface area contributed by atoms with Gasteiger partial charge in [-0.25, -0.2) is 8.78 Å². The van der Waals surface area contributed by atoms with E-state index in [-0.39, 0.29) is 25.3 Å². The molecule has 206 valence electrons. The van der Waals surface area contributed by atoms with Crippen LogP contribution in [0.5, 0.6) is 0 Å². The molecule has 0 saturated heterocycles. The molecule has 3 aromatic rings. The second kappa shape index (κ2) is 14.8. The van der Waals surface area contributed by atoms with Gasteiger partial charge in [0, 0.05) is 30.8 Å². The molecule has 0 heterocycles. The number of carbonyl (C=O) groups excluding carboxylic acids is 2. The van der Waals surface area contributed by atoms with Crippen LogP contribution in [0.15, 0.2) is 60.7 Å². The maximum Gasteiger partial charge on any atom is 1.00 e. The third-order valence-corrected chi connectivity index (χ3v) is 7.67. The van der Waals surface area contributed by atoms with Crippen LogP contribution in [0.2, 0.25) is 0 Å². The minimum absolute atomic E-state index is 0. The number of aliphatic carboxylic acids is 1. The number of hydrogen-bond acceptors (Lipinski definition) is 5. The van der Waals surface area contributed by atoms with Gasteiger partial charge in [-0.1, -0.05) is 30.3 Å². The van der Waals surface area contributed by atoms with Crippen LogP contribution in [0.1, 0.15) is 46.3 Å². The number of nitrogens with one attached hydrogen (secondary N) is 1. The minimum atomic E-state index is -1.30. The number of benzene rings is 3. The van der Waals surface area contributed by atoms with Crippen molar-refractivity contribution in [3.05, 3.63) is 94.6 Å². The molecular weight excluding hydrogens is 525 g/mol. The van der Waals surface area contributed by atoms with E-state index in [1.54, 1.807) is 6.07 Å². The number of thioether (sulfide) groups is 1. The summed E-state index contributed by atoms with van der Waals surface area (Å²) < 4.78 is 27.3. The zero-order valence-electron chi connectivity index (χ0n) is 23.2. The van der Waals surface area contributed by atoms with Gasteiger partial charge in [-0.15, -0.1) is 0 Å². The Balaban J connectivity index is 0.00000441. The molecule has 1 aliphatic carbocycles. The number of halogens is 2. The number of hydrogen-bond donors (Lipinski definition) is 1. The molecule has 1 N–H and O–H groups in total. The maximum absolute atomic E-state index is 13.7. The van der Waals surface area contributed by atoms with Crippen LogP contribution in [0.25, 0.3) is 11.1 Å². The van der Waals surface area contributed by atoms with Crippen molar-refractivity contribution in [2.24, 2.45) is 0 Å². The van der Waals surface area contributed by atoms with Gasteiger partial charge in [0.25, 0.3) is 5.91 Å². The first-order valence-electron chi connectivity index (χ1n) is 13.1. The van der Waals surface area contributed by atoms with Gasteiger partial charge >= 0.3 is 18.9 Å². The molecule has 5 nitrogen and oxygen atoms in total. The number of amides is 1. The van der Waals surface area contributed by atoms with E-state index in [1.807, 2.05) is 49.6 Å². The summed E-state index contributed by atoms with van der Waals surface area (Å²) in [5, 5.41) is 14.3. The second-order valence-electron chi connectivity index (χ2n) is 10.1. The Labute approximate surface area is 250 Å². The molecule has 1 atom stereocenters. The number of carboxylic acids is 1. The van der Waals surface area contributed by atoms with Gasteiger partial charge in [0.15, 0.2) is 0 Å². The molecule has 0 spiro atoms. The van der Waals surface area contributed by atoms with Crippen molar-refractivity contribution in [3.8, 4) is 11.1 Å². The van der Waals surface area contributed by atoms with E-state index in [9.17, 15) is 23.5 Å². The topological polar surface area (TPSA) is 72.5 Å². The van der Waals surface area contributed by atoms with Crippen LogP contribution in [-0.4, -0.2) is 47.4 Å². The first kappa shape index (κ1) is 31.9. The van der Waals surface area contributed by atoms with Crippen LogP contribution in [0.4, 0.5) is 8.78 Å². The van der Waals surface area contributed by atoms with Crippen molar-refractivity contribution in [2.45, 2.75) is 51.2 Å². The normalized spacial score (nSPS) is 13.5. The summed E-state index contributed by atoms with van der Waals surface area (Å²) in [5.74, 6) is -2.32. The van der Waals surface area contributed by atoms with Gasteiger partial charge < -0.3 is 15.2 Å². The molecule has 1 amide bonds. The summed E-state index contributed by atoms with van der Waals surface area (Å²) in [6.45, 7) is 3.25. The van der Waals surface area contributed by atoms with E-state index in [0.29, 0.717) is 42.4 Å². The van der Waals surface area contributed by atoms with Crippen LogP contribution >= 0.6 is 11.8 Å². The molecule has 3 aromatic carbocycles. The predicted octanol–water partition coefficient (Wildman–Crippen LogP) is 1.75. The molecule has 1 saturated carbocycles. The minimum Gasteiger partial charge on any atom is -0.548 e. The van der Waals surface area contributed by atoms with E-state index in [0.717, 1.165) is 41.2 Å². The number of nitrogens with zero attached hydrogens (tertiary/aromatic N) is 1. The fraction of sp³-hybridized carbons (Fsp3) is 0.355. The van der Waals surface area contributed by atoms with Gasteiger partial charge in [-0.05, 0) is 96.7 Å². The van der Waals surface area contributed by atoms with Crippen molar-refractivity contribution in [1.82, 2.24) is 10.2 Å². The third-order valence-electron chi connectivity index (χ3n) is 7.02. The van der Waals surface area contributed by atoms with E-state index < -0.39 is 29.6 Å². The number of aryl methyl sites for hydroxylation is 1. The molecule has 0 aliphatic heterocycles. The molecule has 4 rings (SSSR count). The molecule has 0 aromatic heterocycles. The van der Waals surface area contributed by atoms with Crippen LogP contribution in [0.3, 0.4) is 0 Å². The number of carboxylic acid groups (broad SMARTS) is 1. The maximum atomic E-state index is 13.7. The van der Waals surface area contributed by atoms with Crippen molar-refractivity contribution >= 4 is 23.6 Å². The zero-order chi connectivity index (χ0) is 27.9. The Morgan fingerprint density at radius 1 is 1.02 bits per heavy atom. The van der Waals surface area contributed by atoms with Crippen LogP contribution < -0.4 is 29.3 Å². The van der Waals surface area contributed by atoms with Gasteiger partial charge in [0.05, 0.1) is 12.0 Å². The zero-order valence-corrected chi connectivity index (χ0v) is 24.0. The van der Waals surface area contributed by atoms with Gasteiger partial charge in [-0.2, -0.15) is 11.8 Å². The Morgan fingerprint density at radius 2 is 1.73 bits per heavy atom. The Kier molecular flexibility index (Phi) is 11.8. The summed E-state index contributed by atoms with van der Waals surface area (Å²) in [7, 11) is 0. The average Bonchev–Trinajstić information content (AvgIpc) is 3.74. The molecule has 9 heteroatoms. The van der Waals surface area contributed by atoms with Gasteiger partial charge in [0.2, 0.25) is 0 Å². The van der Waals surface area contributed by atoms with Crippen LogP contribution in [0, 0.1) is 18.6 Å². The third kappa shape index (κ3) is 8.68. The largest absolute Gasteiger partial charge is 1.00 e. The van der Waals surface area contributed by atoms with Crippen molar-refractivity contribution in [2.75, 3.05) is 18.6 Å². The summed E-state index contributed by atoms with van der Waals surface area (Å²) in [6.07, 6.45) is 4.83. The molecule has 1 aliphatic rings. The average molecular weight is 559 g/mol. The standard InChI is InChI=1S/C31H34F2N2O3S.Li/c1-20-5-3-4-6-26(20)28-17-22(7-10-27(28)30(36)34-29(31(37)38)12-14-39-2)19-35(25-8-9-25)13-11-21-15-23(32)18-24(33)16-21;/h3-7,10,15-18,25,29H,8-9,11-14,19H2,1-2H3,(H,34,36)(H,37,38);/q;+1/p-1. The van der Waals surface area contributed by atoms with Crippen LogP contribution in [-0.2, 0) is 17.8 Å². The Morgan fingerprint density at radius 3 is 2.35 bits per heavy atom. The summed E-state index contributed by atoms with van der Waals surface area (Å²) in [4.78, 5) is 27.3. The molecule has 1 unspecified atom stereocenters. The van der Waals surface area contributed by atoms with E-state index in [1.165, 1.54) is 23.9 Å². The number of carbonyl (C=O) groups is 2. The summed E-state index contributed by atoms with van der Waals surface area (Å²) >= 11 is 1.51. The Hall–Kier alpha value is -2.63. The van der Waals surface area contributed by atoms with Crippen molar-refractivity contribution < 1.29 is 42.3 Å². The smallest absolute Gasteiger partial charge is 0.548 e. The van der Waals surface area contributed by atoms with Gasteiger partial charge in [-0.3, -0.25) is 9.69 Å². The fourth-order valence-corrected chi connectivity index (χ4v) is 5.27. The quantitative estimate of drug-likeness (QED) is 0.324. The SMILES string of the molecule is CSCCC(NC(=O)c1ccc(CN(CCc2cc(F)cc(F)c2)C2CC2)cc1-c1ccccc1C)C(=O)[O-].[Li+]. The summed E-state index contributed by atoms with van der Waals surface area (Å²) in [6, 6.07) is 16.4. The Bertz CT molecular complexity index is 1320. The molecule has 0 bridgehead atoms. The van der Waals surface area contributed by atoms with E-state index in [2.05, 4.69) is 10.2 Å². The van der Waals surface area contributed by atoms with Crippen molar-refractivity contribution in [3.63, 3.8) is 0 Å². The fourth-order valence-electron chi connectivity index (χ4n) is 4.80. The van der Waals surface area contributed by atoms with Gasteiger partial charge in [0.1, 0.15) is 11.6 Å². The summed E-state index contributed by atoms with van der Waals surface area (Å²) in [5.41, 5.74) is 4.64.